The van der Waals surface area contributed by atoms with Crippen LogP contribution in [0.5, 0.6) is 0 Å². The van der Waals surface area contributed by atoms with Gasteiger partial charge in [-0.1, -0.05) is 38.5 Å². The molecule has 2 rings (SSSR count). The second kappa shape index (κ2) is 5.50. The number of hydrogen-bond donors (Lipinski definition) is 1. The van der Waals surface area contributed by atoms with Crippen LogP contribution >= 0.6 is 0 Å². The molecular weight excluding hydrogens is 196 g/mol. The van der Waals surface area contributed by atoms with Crippen LogP contribution in [0.3, 0.4) is 0 Å². The molecule has 0 heterocycles. The molecule has 2 aliphatic rings. The highest BCUT2D eigenvalue weighted by atomic mass is 15.1. The van der Waals surface area contributed by atoms with E-state index in [0.717, 1.165) is 12.6 Å². The first-order chi connectivity index (χ1) is 7.70. The molecule has 0 saturated heterocycles. The summed E-state index contributed by atoms with van der Waals surface area (Å²) in [5.41, 5.74) is 6.60. The quantitative estimate of drug-likeness (QED) is 0.747. The Kier molecular flexibility index (Phi) is 4.26. The summed E-state index contributed by atoms with van der Waals surface area (Å²) in [6.45, 7) is 1.12. The molecule has 0 aromatic carbocycles. The Hall–Kier alpha value is -0.0800. The molecule has 0 aromatic rings. The third kappa shape index (κ3) is 3.21. The van der Waals surface area contributed by atoms with Crippen LogP contribution in [0.4, 0.5) is 0 Å². The van der Waals surface area contributed by atoms with Gasteiger partial charge >= 0.3 is 0 Å². The fourth-order valence-corrected chi connectivity index (χ4v) is 3.56. The molecule has 0 spiro atoms. The van der Waals surface area contributed by atoms with E-state index < -0.39 is 0 Å². The van der Waals surface area contributed by atoms with Gasteiger partial charge in [0.15, 0.2) is 0 Å². The molecule has 2 heteroatoms. The molecule has 2 fully saturated rings. The summed E-state index contributed by atoms with van der Waals surface area (Å²) in [4.78, 5) is 2.57. The van der Waals surface area contributed by atoms with Gasteiger partial charge in [-0.05, 0) is 32.7 Å². The van der Waals surface area contributed by atoms with Gasteiger partial charge in [-0.15, -0.1) is 0 Å². The van der Waals surface area contributed by atoms with Gasteiger partial charge < -0.3 is 10.6 Å². The van der Waals surface area contributed by atoms with E-state index in [9.17, 15) is 0 Å². The Labute approximate surface area is 101 Å². The lowest BCUT2D eigenvalue weighted by Crippen LogP contribution is -2.49. The van der Waals surface area contributed by atoms with E-state index in [1.165, 1.54) is 64.2 Å². The summed E-state index contributed by atoms with van der Waals surface area (Å²) in [7, 11) is 2.29. The molecule has 2 saturated carbocycles. The first kappa shape index (κ1) is 12.4. The lowest BCUT2D eigenvalue weighted by molar-refractivity contribution is 0.173. The molecule has 0 bridgehead atoms. The molecule has 16 heavy (non-hydrogen) atoms. The normalized spacial score (nSPS) is 27.2. The topological polar surface area (TPSA) is 29.3 Å². The Morgan fingerprint density at radius 3 is 2.12 bits per heavy atom. The zero-order chi connectivity index (χ0) is 11.4. The minimum absolute atomic E-state index is 0.140. The summed E-state index contributed by atoms with van der Waals surface area (Å²) in [6, 6.07) is 0.809. The van der Waals surface area contributed by atoms with Crippen molar-refractivity contribution in [3.8, 4) is 0 Å². The number of hydrogen-bond acceptors (Lipinski definition) is 2. The summed E-state index contributed by atoms with van der Waals surface area (Å²) < 4.78 is 0. The maximum absolute atomic E-state index is 6.46. The van der Waals surface area contributed by atoms with Gasteiger partial charge in [-0.2, -0.15) is 0 Å². The van der Waals surface area contributed by atoms with E-state index in [-0.39, 0.29) is 5.54 Å². The Morgan fingerprint density at radius 2 is 1.56 bits per heavy atom. The Bertz CT molecular complexity index is 201. The zero-order valence-corrected chi connectivity index (χ0v) is 10.9. The van der Waals surface area contributed by atoms with Crippen molar-refractivity contribution >= 4 is 0 Å². The van der Waals surface area contributed by atoms with Crippen LogP contribution in [0.25, 0.3) is 0 Å². The van der Waals surface area contributed by atoms with Gasteiger partial charge in [0, 0.05) is 18.1 Å². The highest BCUT2D eigenvalue weighted by Gasteiger charge is 2.32. The van der Waals surface area contributed by atoms with Crippen molar-refractivity contribution in [3.05, 3.63) is 0 Å². The van der Waals surface area contributed by atoms with E-state index in [2.05, 4.69) is 11.9 Å². The molecule has 94 valence electrons. The zero-order valence-electron chi connectivity index (χ0n) is 10.9. The van der Waals surface area contributed by atoms with Gasteiger partial charge in [0.05, 0.1) is 0 Å². The van der Waals surface area contributed by atoms with Crippen molar-refractivity contribution in [2.45, 2.75) is 75.8 Å². The molecule has 2 nitrogen and oxygen atoms in total. The van der Waals surface area contributed by atoms with Crippen molar-refractivity contribution < 1.29 is 0 Å². The van der Waals surface area contributed by atoms with Crippen LogP contribution in [0.1, 0.15) is 64.2 Å². The first-order valence-electron chi connectivity index (χ1n) is 7.19. The van der Waals surface area contributed by atoms with Crippen molar-refractivity contribution in [2.24, 2.45) is 5.73 Å². The van der Waals surface area contributed by atoms with Crippen LogP contribution in [-0.2, 0) is 0 Å². The molecule has 0 atom stereocenters. The van der Waals surface area contributed by atoms with Gasteiger partial charge in [0.2, 0.25) is 0 Å². The maximum atomic E-state index is 6.46. The molecule has 0 amide bonds. The third-order valence-electron chi connectivity index (χ3n) is 4.61. The second-order valence-electron chi connectivity index (χ2n) is 6.13. The fourth-order valence-electron chi connectivity index (χ4n) is 3.56. The SMILES string of the molecule is CN(CC1(N)CCCC1)C1CCCCCC1. The average molecular weight is 224 g/mol. The van der Waals surface area contributed by atoms with E-state index in [4.69, 9.17) is 5.73 Å². The predicted octanol–water partition coefficient (Wildman–Crippen LogP) is 2.91. The Morgan fingerprint density at radius 1 is 1.00 bits per heavy atom. The Balaban J connectivity index is 1.83. The number of nitrogens with two attached hydrogens (primary N) is 1. The van der Waals surface area contributed by atoms with Crippen molar-refractivity contribution in [1.82, 2.24) is 4.90 Å². The van der Waals surface area contributed by atoms with Crippen LogP contribution in [0.2, 0.25) is 0 Å². The van der Waals surface area contributed by atoms with Crippen molar-refractivity contribution in [2.75, 3.05) is 13.6 Å². The van der Waals surface area contributed by atoms with Gasteiger partial charge in [0.1, 0.15) is 0 Å². The van der Waals surface area contributed by atoms with Crippen LogP contribution in [-0.4, -0.2) is 30.1 Å². The molecule has 0 aromatic heterocycles. The summed E-state index contributed by atoms with van der Waals surface area (Å²) in [5, 5.41) is 0. The number of likely N-dealkylation sites (N-methyl/N-ethyl adjacent to an activating group) is 1. The summed E-state index contributed by atoms with van der Waals surface area (Å²) >= 11 is 0. The fraction of sp³-hybridized carbons (Fsp3) is 1.00. The van der Waals surface area contributed by atoms with Crippen LogP contribution in [0, 0.1) is 0 Å². The lowest BCUT2D eigenvalue weighted by atomic mass is 9.96. The smallest absolute Gasteiger partial charge is 0.0283 e. The van der Waals surface area contributed by atoms with E-state index in [1.54, 1.807) is 0 Å². The molecule has 2 aliphatic carbocycles. The number of rotatable bonds is 3. The highest BCUT2D eigenvalue weighted by molar-refractivity contribution is 4.92. The second-order valence-corrected chi connectivity index (χ2v) is 6.13. The lowest BCUT2D eigenvalue weighted by Gasteiger charge is -2.34. The van der Waals surface area contributed by atoms with Gasteiger partial charge in [-0.25, -0.2) is 0 Å². The molecule has 2 N–H and O–H groups in total. The van der Waals surface area contributed by atoms with E-state index in [1.807, 2.05) is 0 Å². The highest BCUT2D eigenvalue weighted by Crippen LogP contribution is 2.29. The van der Waals surface area contributed by atoms with Gasteiger partial charge in [0.25, 0.3) is 0 Å². The van der Waals surface area contributed by atoms with Gasteiger partial charge in [-0.3, -0.25) is 0 Å². The van der Waals surface area contributed by atoms with E-state index >= 15 is 0 Å². The monoisotopic (exact) mass is 224 g/mol. The molecular formula is C14H28N2. The van der Waals surface area contributed by atoms with Crippen LogP contribution in [0.15, 0.2) is 0 Å². The maximum Gasteiger partial charge on any atom is 0.0283 e. The minimum Gasteiger partial charge on any atom is -0.324 e. The molecule has 0 radical (unpaired) electrons. The number of nitrogens with zero attached hydrogens (tertiary/aromatic N) is 1. The molecule has 0 unspecified atom stereocenters. The first-order valence-corrected chi connectivity index (χ1v) is 7.19. The van der Waals surface area contributed by atoms with Crippen LogP contribution < -0.4 is 5.73 Å². The largest absolute Gasteiger partial charge is 0.324 e. The standard InChI is InChI=1S/C14H28N2/c1-16(12-14(15)10-6-7-11-14)13-8-4-2-3-5-9-13/h13H,2-12,15H2,1H3. The van der Waals surface area contributed by atoms with Crippen molar-refractivity contribution in [1.29, 1.82) is 0 Å². The molecule has 0 aliphatic heterocycles. The summed E-state index contributed by atoms with van der Waals surface area (Å²) in [6.07, 6.45) is 13.7. The summed E-state index contributed by atoms with van der Waals surface area (Å²) in [5.74, 6) is 0. The predicted molar refractivity (Wildman–Crippen MR) is 69.5 cm³/mol. The minimum atomic E-state index is 0.140. The third-order valence-corrected chi connectivity index (χ3v) is 4.61. The average Bonchev–Trinajstić information content (AvgIpc) is 2.56. The van der Waals surface area contributed by atoms with E-state index in [0.29, 0.717) is 0 Å². The van der Waals surface area contributed by atoms with Crippen molar-refractivity contribution in [3.63, 3.8) is 0 Å².